The van der Waals surface area contributed by atoms with E-state index in [1.165, 1.54) is 0 Å². The zero-order valence-corrected chi connectivity index (χ0v) is 14.0. The molecule has 0 aromatic heterocycles. The first-order valence-corrected chi connectivity index (χ1v) is 7.93. The first kappa shape index (κ1) is 17.3. The minimum atomic E-state index is -0.431. The third-order valence-electron chi connectivity index (χ3n) is 3.76. The lowest BCUT2D eigenvalue weighted by molar-refractivity contribution is 0.0430. The van der Waals surface area contributed by atoms with Crippen LogP contribution in [0.1, 0.15) is 54.4 Å². The molecule has 1 fully saturated rings. The van der Waals surface area contributed by atoms with E-state index < -0.39 is 5.60 Å². The minimum absolute atomic E-state index is 0.206. The van der Waals surface area contributed by atoms with Gasteiger partial charge in [-0.25, -0.2) is 4.79 Å². The minimum Gasteiger partial charge on any atom is -0.444 e. The van der Waals surface area contributed by atoms with Gasteiger partial charge < -0.3 is 15.0 Å². The number of amides is 1. The summed E-state index contributed by atoms with van der Waals surface area (Å²) in [6, 6.07) is 0.206. The normalized spacial score (nSPS) is 24.8. The second-order valence-electron chi connectivity index (χ2n) is 7.34. The number of carbonyl (C=O) groups excluding carboxylic acids is 1. The summed E-state index contributed by atoms with van der Waals surface area (Å²) in [7, 11) is 0. The number of hydrogen-bond acceptors (Lipinski definition) is 3. The predicted molar refractivity (Wildman–Crippen MR) is 82.8 cm³/mol. The molecule has 0 radical (unpaired) electrons. The summed E-state index contributed by atoms with van der Waals surface area (Å²) < 4.78 is 5.36. The maximum atomic E-state index is 11.9. The van der Waals surface area contributed by atoms with E-state index in [4.69, 9.17) is 4.74 Å². The van der Waals surface area contributed by atoms with Gasteiger partial charge >= 0.3 is 6.09 Å². The fourth-order valence-corrected chi connectivity index (χ4v) is 2.79. The second kappa shape index (κ2) is 7.30. The van der Waals surface area contributed by atoms with Crippen LogP contribution in [0.2, 0.25) is 0 Å². The van der Waals surface area contributed by atoms with Crippen molar-refractivity contribution in [3.05, 3.63) is 0 Å². The lowest BCUT2D eigenvalue weighted by Crippen LogP contribution is -2.52. The molecule has 1 aliphatic heterocycles. The molecule has 0 aromatic carbocycles. The maximum Gasteiger partial charge on any atom is 0.407 e. The molecule has 118 valence electrons. The van der Waals surface area contributed by atoms with Crippen LogP contribution in [0.5, 0.6) is 0 Å². The summed E-state index contributed by atoms with van der Waals surface area (Å²) in [5, 5.41) is 3.05. The van der Waals surface area contributed by atoms with Gasteiger partial charge in [-0.05, 0) is 52.0 Å². The summed E-state index contributed by atoms with van der Waals surface area (Å²) in [4.78, 5) is 14.4. The molecule has 0 aromatic rings. The Kier molecular flexibility index (Phi) is 6.31. The molecule has 2 unspecified atom stereocenters. The summed E-state index contributed by atoms with van der Waals surface area (Å²) in [5.41, 5.74) is -0.431. The Hall–Kier alpha value is -0.770. The molecular formula is C16H32N2O2. The van der Waals surface area contributed by atoms with Gasteiger partial charge in [-0.2, -0.15) is 0 Å². The van der Waals surface area contributed by atoms with Crippen LogP contribution in [0, 0.1) is 11.8 Å². The van der Waals surface area contributed by atoms with Crippen molar-refractivity contribution < 1.29 is 9.53 Å². The molecule has 2 atom stereocenters. The number of alkyl carbamates (subject to hydrolysis) is 1. The van der Waals surface area contributed by atoms with Crippen molar-refractivity contribution in [2.24, 2.45) is 11.8 Å². The predicted octanol–water partition coefficient (Wildman–Crippen LogP) is 3.27. The van der Waals surface area contributed by atoms with E-state index in [-0.39, 0.29) is 12.1 Å². The highest BCUT2D eigenvalue weighted by Crippen LogP contribution is 2.24. The van der Waals surface area contributed by atoms with Crippen LogP contribution in [-0.2, 0) is 4.74 Å². The zero-order chi connectivity index (χ0) is 15.3. The number of nitrogens with zero attached hydrogens (tertiary/aromatic N) is 1. The third-order valence-corrected chi connectivity index (χ3v) is 3.76. The van der Waals surface area contributed by atoms with Crippen LogP contribution in [0.3, 0.4) is 0 Å². The highest BCUT2D eigenvalue weighted by molar-refractivity contribution is 5.68. The second-order valence-corrected chi connectivity index (χ2v) is 7.34. The van der Waals surface area contributed by atoms with E-state index in [0.717, 1.165) is 32.5 Å². The molecule has 0 aliphatic carbocycles. The van der Waals surface area contributed by atoms with Crippen LogP contribution in [0.25, 0.3) is 0 Å². The third kappa shape index (κ3) is 6.12. The standard InChI is InChI=1S/C16H32N2O2/c1-7-8-18-10-13(12(2)3)9-14(11-18)17-15(19)20-16(4,5)6/h12-14H,7-11H2,1-6H3,(H,17,19). The highest BCUT2D eigenvalue weighted by atomic mass is 16.6. The molecule has 1 rings (SSSR count). The summed E-state index contributed by atoms with van der Waals surface area (Å²) >= 11 is 0. The smallest absolute Gasteiger partial charge is 0.407 e. The largest absolute Gasteiger partial charge is 0.444 e. The fourth-order valence-electron chi connectivity index (χ4n) is 2.79. The van der Waals surface area contributed by atoms with Gasteiger partial charge in [-0.1, -0.05) is 20.8 Å². The number of ether oxygens (including phenoxy) is 1. The van der Waals surface area contributed by atoms with Crippen molar-refractivity contribution in [3.8, 4) is 0 Å². The van der Waals surface area contributed by atoms with Crippen molar-refractivity contribution in [2.75, 3.05) is 19.6 Å². The summed E-state index contributed by atoms with van der Waals surface area (Å²) in [5.74, 6) is 1.30. The first-order valence-electron chi connectivity index (χ1n) is 7.93. The SMILES string of the molecule is CCCN1CC(NC(=O)OC(C)(C)C)CC(C(C)C)C1. The number of piperidine rings is 1. The van der Waals surface area contributed by atoms with E-state index in [0.29, 0.717) is 11.8 Å². The van der Waals surface area contributed by atoms with Gasteiger partial charge in [0.1, 0.15) is 5.60 Å². The lowest BCUT2D eigenvalue weighted by atomic mass is 9.85. The molecule has 0 saturated carbocycles. The van der Waals surface area contributed by atoms with Crippen molar-refractivity contribution in [3.63, 3.8) is 0 Å². The molecule has 0 spiro atoms. The van der Waals surface area contributed by atoms with Gasteiger partial charge in [-0.15, -0.1) is 0 Å². The summed E-state index contributed by atoms with van der Waals surface area (Å²) in [6.07, 6.45) is 1.92. The molecule has 4 nitrogen and oxygen atoms in total. The van der Waals surface area contributed by atoms with Gasteiger partial charge in [0.2, 0.25) is 0 Å². The Bertz CT molecular complexity index is 310. The van der Waals surface area contributed by atoms with Crippen LogP contribution in [0.4, 0.5) is 4.79 Å². The molecule has 0 bridgehead atoms. The van der Waals surface area contributed by atoms with E-state index in [1.54, 1.807) is 0 Å². The molecule has 1 aliphatic rings. The number of carbonyl (C=O) groups is 1. The Morgan fingerprint density at radius 3 is 2.50 bits per heavy atom. The summed E-state index contributed by atoms with van der Waals surface area (Å²) in [6.45, 7) is 15.6. The Morgan fingerprint density at radius 2 is 2.00 bits per heavy atom. The molecule has 1 saturated heterocycles. The van der Waals surface area contributed by atoms with Crippen LogP contribution in [0.15, 0.2) is 0 Å². The van der Waals surface area contributed by atoms with Crippen molar-refractivity contribution in [1.29, 1.82) is 0 Å². The van der Waals surface area contributed by atoms with Gasteiger partial charge in [0.25, 0.3) is 0 Å². The Labute approximate surface area is 124 Å². The van der Waals surface area contributed by atoms with Gasteiger partial charge in [0, 0.05) is 19.1 Å². The van der Waals surface area contributed by atoms with Crippen molar-refractivity contribution >= 4 is 6.09 Å². The molecule has 4 heteroatoms. The first-order chi connectivity index (χ1) is 9.21. The van der Waals surface area contributed by atoms with E-state index in [2.05, 4.69) is 31.0 Å². The average molecular weight is 284 g/mol. The monoisotopic (exact) mass is 284 g/mol. The fraction of sp³-hybridized carbons (Fsp3) is 0.938. The Balaban J connectivity index is 2.56. The average Bonchev–Trinajstić information content (AvgIpc) is 2.26. The van der Waals surface area contributed by atoms with Crippen LogP contribution < -0.4 is 5.32 Å². The Morgan fingerprint density at radius 1 is 1.35 bits per heavy atom. The highest BCUT2D eigenvalue weighted by Gasteiger charge is 2.30. The van der Waals surface area contributed by atoms with Crippen molar-refractivity contribution in [1.82, 2.24) is 10.2 Å². The van der Waals surface area contributed by atoms with Gasteiger partial charge in [-0.3, -0.25) is 0 Å². The quantitative estimate of drug-likeness (QED) is 0.861. The van der Waals surface area contributed by atoms with Gasteiger partial charge in [0.15, 0.2) is 0 Å². The molecule has 1 N–H and O–H groups in total. The van der Waals surface area contributed by atoms with Crippen LogP contribution >= 0.6 is 0 Å². The van der Waals surface area contributed by atoms with Crippen LogP contribution in [-0.4, -0.2) is 42.3 Å². The number of hydrogen-bond donors (Lipinski definition) is 1. The number of nitrogens with one attached hydrogen (secondary N) is 1. The number of rotatable bonds is 4. The molecule has 1 amide bonds. The topological polar surface area (TPSA) is 41.6 Å². The molecule has 1 heterocycles. The maximum absolute atomic E-state index is 11.9. The van der Waals surface area contributed by atoms with E-state index in [9.17, 15) is 4.79 Å². The zero-order valence-electron chi connectivity index (χ0n) is 14.0. The van der Waals surface area contributed by atoms with Crippen molar-refractivity contribution in [2.45, 2.75) is 66.0 Å². The lowest BCUT2D eigenvalue weighted by Gasteiger charge is -2.39. The molecular weight excluding hydrogens is 252 g/mol. The molecule has 20 heavy (non-hydrogen) atoms. The van der Waals surface area contributed by atoms with E-state index >= 15 is 0 Å². The van der Waals surface area contributed by atoms with E-state index in [1.807, 2.05) is 20.8 Å². The number of likely N-dealkylation sites (tertiary alicyclic amines) is 1. The van der Waals surface area contributed by atoms with Gasteiger partial charge in [0.05, 0.1) is 0 Å².